The zero-order valence-corrected chi connectivity index (χ0v) is 17.5. The molecule has 0 radical (unpaired) electrons. The molecule has 0 saturated carbocycles. The van der Waals surface area contributed by atoms with Gasteiger partial charge in [-0.05, 0) is 43.9 Å². The van der Waals surface area contributed by atoms with Crippen molar-refractivity contribution in [2.45, 2.75) is 31.6 Å². The Bertz CT molecular complexity index is 1040. The van der Waals surface area contributed by atoms with Gasteiger partial charge in [0.05, 0.1) is 5.69 Å². The van der Waals surface area contributed by atoms with Gasteiger partial charge in [0.1, 0.15) is 0 Å². The number of rotatable bonds is 4. The monoisotopic (exact) mass is 414 g/mol. The van der Waals surface area contributed by atoms with Crippen molar-refractivity contribution >= 4 is 11.9 Å². The van der Waals surface area contributed by atoms with E-state index in [4.69, 9.17) is 9.97 Å². The normalized spacial score (nSPS) is 18.9. The molecule has 0 N–H and O–H groups in total. The van der Waals surface area contributed by atoms with Crippen molar-refractivity contribution in [3.63, 3.8) is 0 Å². The van der Waals surface area contributed by atoms with E-state index in [-0.39, 0.29) is 11.8 Å². The first-order chi connectivity index (χ1) is 15.3. The Labute approximate surface area is 182 Å². The Morgan fingerprint density at radius 1 is 0.935 bits per heavy atom. The predicted octanol–water partition coefficient (Wildman–Crippen LogP) is 3.55. The lowest BCUT2D eigenvalue weighted by molar-refractivity contribution is 0.0706. The lowest BCUT2D eigenvalue weighted by Gasteiger charge is -2.33. The van der Waals surface area contributed by atoms with Crippen molar-refractivity contribution in [2.24, 2.45) is 0 Å². The second kappa shape index (κ2) is 8.79. The molecule has 5 heterocycles. The van der Waals surface area contributed by atoms with Crippen LogP contribution in [0.4, 0.5) is 5.95 Å². The number of piperidine rings is 1. The molecule has 2 saturated heterocycles. The Balaban J connectivity index is 1.48. The summed E-state index contributed by atoms with van der Waals surface area (Å²) in [7, 11) is 0. The van der Waals surface area contributed by atoms with E-state index in [1.807, 2.05) is 29.4 Å². The van der Waals surface area contributed by atoms with Gasteiger partial charge >= 0.3 is 0 Å². The summed E-state index contributed by atoms with van der Waals surface area (Å²) in [5, 5.41) is 0. The summed E-state index contributed by atoms with van der Waals surface area (Å²) < 4.78 is 0. The SMILES string of the molecule is O=C(c1ccncc1)N1CCCC(c2nc(N3CCCC3)ncc2-c2cccnc2)C1. The highest BCUT2D eigenvalue weighted by molar-refractivity contribution is 5.94. The van der Waals surface area contributed by atoms with Crippen molar-refractivity contribution < 1.29 is 4.79 Å². The number of hydrogen-bond acceptors (Lipinski definition) is 6. The van der Waals surface area contributed by atoms with Crippen LogP contribution in [0.25, 0.3) is 11.1 Å². The first kappa shape index (κ1) is 19.6. The van der Waals surface area contributed by atoms with Crippen LogP contribution in [-0.4, -0.2) is 56.9 Å². The van der Waals surface area contributed by atoms with Crippen LogP contribution in [0, 0.1) is 0 Å². The molecule has 3 aromatic heterocycles. The summed E-state index contributed by atoms with van der Waals surface area (Å²) in [6, 6.07) is 7.55. The van der Waals surface area contributed by atoms with E-state index in [2.05, 4.69) is 14.9 Å². The third kappa shape index (κ3) is 4.13. The average Bonchev–Trinajstić information content (AvgIpc) is 3.39. The van der Waals surface area contributed by atoms with E-state index in [1.54, 1.807) is 30.7 Å². The summed E-state index contributed by atoms with van der Waals surface area (Å²) in [5.74, 6) is 1.03. The van der Waals surface area contributed by atoms with Gasteiger partial charge in [-0.1, -0.05) is 6.07 Å². The van der Waals surface area contributed by atoms with E-state index in [9.17, 15) is 4.79 Å². The smallest absolute Gasteiger partial charge is 0.253 e. The number of likely N-dealkylation sites (tertiary alicyclic amines) is 1. The molecule has 0 aliphatic carbocycles. The molecule has 1 unspecified atom stereocenters. The van der Waals surface area contributed by atoms with E-state index >= 15 is 0 Å². The molecule has 0 aromatic carbocycles. The summed E-state index contributed by atoms with van der Waals surface area (Å²) in [5.41, 5.74) is 3.74. The Morgan fingerprint density at radius 3 is 2.55 bits per heavy atom. The van der Waals surface area contributed by atoms with E-state index < -0.39 is 0 Å². The molecule has 0 spiro atoms. The van der Waals surface area contributed by atoms with Crippen LogP contribution in [0.15, 0.2) is 55.2 Å². The predicted molar refractivity (Wildman–Crippen MR) is 119 cm³/mol. The number of anilines is 1. The molecule has 158 valence electrons. The Hall–Kier alpha value is -3.35. The lowest BCUT2D eigenvalue weighted by Crippen LogP contribution is -2.39. The van der Waals surface area contributed by atoms with Crippen molar-refractivity contribution in [2.75, 3.05) is 31.1 Å². The number of carbonyl (C=O) groups excluding carboxylic acids is 1. The fourth-order valence-corrected chi connectivity index (χ4v) is 4.57. The maximum atomic E-state index is 13.1. The van der Waals surface area contributed by atoms with Gasteiger partial charge in [0.25, 0.3) is 5.91 Å². The number of carbonyl (C=O) groups is 1. The van der Waals surface area contributed by atoms with Gasteiger partial charge in [-0.15, -0.1) is 0 Å². The minimum absolute atomic E-state index is 0.0591. The second-order valence-corrected chi connectivity index (χ2v) is 8.23. The second-order valence-electron chi connectivity index (χ2n) is 8.23. The number of hydrogen-bond donors (Lipinski definition) is 0. The van der Waals surface area contributed by atoms with Crippen molar-refractivity contribution in [3.05, 3.63) is 66.5 Å². The molecule has 2 fully saturated rings. The van der Waals surface area contributed by atoms with Crippen LogP contribution in [0.5, 0.6) is 0 Å². The molecular weight excluding hydrogens is 388 g/mol. The van der Waals surface area contributed by atoms with Gasteiger partial charge in [0.15, 0.2) is 0 Å². The highest BCUT2D eigenvalue weighted by atomic mass is 16.2. The minimum atomic E-state index is 0.0591. The Kier molecular flexibility index (Phi) is 5.56. The van der Waals surface area contributed by atoms with Crippen molar-refractivity contribution in [1.29, 1.82) is 0 Å². The van der Waals surface area contributed by atoms with Gasteiger partial charge in [0.2, 0.25) is 5.95 Å². The third-order valence-corrected chi connectivity index (χ3v) is 6.19. The molecular formula is C24H26N6O. The zero-order chi connectivity index (χ0) is 21.0. The van der Waals surface area contributed by atoms with Crippen LogP contribution in [-0.2, 0) is 0 Å². The van der Waals surface area contributed by atoms with Gasteiger partial charge in [-0.25, -0.2) is 9.97 Å². The van der Waals surface area contributed by atoms with Crippen LogP contribution < -0.4 is 4.90 Å². The van der Waals surface area contributed by atoms with Gasteiger partial charge in [-0.2, -0.15) is 0 Å². The molecule has 31 heavy (non-hydrogen) atoms. The van der Waals surface area contributed by atoms with Gasteiger partial charge in [-0.3, -0.25) is 14.8 Å². The summed E-state index contributed by atoms with van der Waals surface area (Å²) in [6.07, 6.45) is 13.2. The first-order valence-electron chi connectivity index (χ1n) is 11.0. The van der Waals surface area contributed by atoms with Gasteiger partial charge in [0, 0.05) is 79.8 Å². The summed E-state index contributed by atoms with van der Waals surface area (Å²) >= 11 is 0. The number of aromatic nitrogens is 4. The number of nitrogens with zero attached hydrogens (tertiary/aromatic N) is 6. The largest absolute Gasteiger partial charge is 0.341 e. The van der Waals surface area contributed by atoms with E-state index in [0.717, 1.165) is 55.2 Å². The van der Waals surface area contributed by atoms with Crippen molar-refractivity contribution in [1.82, 2.24) is 24.8 Å². The topological polar surface area (TPSA) is 75.1 Å². The molecule has 1 atom stereocenters. The maximum absolute atomic E-state index is 13.1. The van der Waals surface area contributed by atoms with Crippen LogP contribution in [0.3, 0.4) is 0 Å². The average molecular weight is 415 g/mol. The zero-order valence-electron chi connectivity index (χ0n) is 17.5. The number of amides is 1. The van der Waals surface area contributed by atoms with Crippen LogP contribution in [0.2, 0.25) is 0 Å². The highest BCUT2D eigenvalue weighted by Gasteiger charge is 2.29. The minimum Gasteiger partial charge on any atom is -0.341 e. The maximum Gasteiger partial charge on any atom is 0.253 e. The van der Waals surface area contributed by atoms with Crippen LogP contribution >= 0.6 is 0 Å². The molecule has 7 nitrogen and oxygen atoms in total. The van der Waals surface area contributed by atoms with E-state index in [1.165, 1.54) is 12.8 Å². The van der Waals surface area contributed by atoms with E-state index in [0.29, 0.717) is 12.1 Å². The third-order valence-electron chi connectivity index (χ3n) is 6.19. The highest BCUT2D eigenvalue weighted by Crippen LogP contribution is 2.34. The molecule has 7 heteroatoms. The van der Waals surface area contributed by atoms with Gasteiger partial charge < -0.3 is 9.80 Å². The quantitative estimate of drug-likeness (QED) is 0.650. The summed E-state index contributed by atoms with van der Waals surface area (Å²) in [4.78, 5) is 35.3. The lowest BCUT2D eigenvalue weighted by atomic mass is 9.90. The first-order valence-corrected chi connectivity index (χ1v) is 11.0. The van der Waals surface area contributed by atoms with Crippen molar-refractivity contribution in [3.8, 4) is 11.1 Å². The molecule has 3 aromatic rings. The molecule has 2 aliphatic rings. The molecule has 0 bridgehead atoms. The molecule has 2 aliphatic heterocycles. The summed E-state index contributed by atoms with van der Waals surface area (Å²) in [6.45, 7) is 3.43. The number of pyridine rings is 2. The Morgan fingerprint density at radius 2 is 1.77 bits per heavy atom. The fraction of sp³-hybridized carbons (Fsp3) is 0.375. The van der Waals surface area contributed by atoms with Crippen LogP contribution in [0.1, 0.15) is 47.7 Å². The fourth-order valence-electron chi connectivity index (χ4n) is 4.57. The molecule has 5 rings (SSSR count). The standard InChI is InChI=1S/C24H26N6O/c31-23(18-7-10-25-11-8-18)30-14-4-6-20(17-30)22-21(19-5-3-9-26-15-19)16-27-24(28-22)29-12-1-2-13-29/h3,5,7-11,15-16,20H,1-2,4,6,12-14,17H2. The molecule has 1 amide bonds.